The molecule has 0 bridgehead atoms. The van der Waals surface area contributed by atoms with E-state index in [4.69, 9.17) is 4.74 Å². The predicted octanol–water partition coefficient (Wildman–Crippen LogP) is 5.57. The highest BCUT2D eigenvalue weighted by Gasteiger charge is 2.22. The molecule has 1 amide bonds. The number of carbonyl (C=O) groups excluding carboxylic acids is 2. The van der Waals surface area contributed by atoms with Gasteiger partial charge in [-0.3, -0.25) is 4.79 Å². The first kappa shape index (κ1) is 21.3. The van der Waals surface area contributed by atoms with Gasteiger partial charge in [0.15, 0.2) is 6.61 Å². The van der Waals surface area contributed by atoms with Crippen molar-refractivity contribution in [2.75, 3.05) is 11.9 Å². The molecule has 8 heteroatoms. The Kier molecular flexibility index (Phi) is 5.90. The average molecular weight is 474 g/mol. The monoisotopic (exact) mass is 473 g/mol. The average Bonchev–Trinajstić information content (AvgIpc) is 3.49. The van der Waals surface area contributed by atoms with Crippen LogP contribution >= 0.6 is 22.7 Å². The summed E-state index contributed by atoms with van der Waals surface area (Å²) in [6.07, 6.45) is 3.94. The molecule has 164 valence electrons. The minimum Gasteiger partial charge on any atom is -0.452 e. The van der Waals surface area contributed by atoms with Crippen LogP contribution in [0.3, 0.4) is 0 Å². The fourth-order valence-corrected chi connectivity index (χ4v) is 5.98. The van der Waals surface area contributed by atoms with Gasteiger partial charge in [-0.05, 0) is 54.8 Å². The number of esters is 1. The van der Waals surface area contributed by atoms with Crippen LogP contribution < -0.4 is 5.32 Å². The van der Waals surface area contributed by atoms with Gasteiger partial charge in [-0.2, -0.15) is 5.26 Å². The second kappa shape index (κ2) is 9.14. The Labute approximate surface area is 198 Å². The SMILES string of the molecule is N#Cc1c(NC(=O)COC(=O)c2cc(-c3cccs3)nc3ccccc23)sc2c1CCCC2. The third-order valence-corrected chi connectivity index (χ3v) is 7.68. The molecule has 0 saturated heterocycles. The molecule has 0 atom stereocenters. The number of ether oxygens (including phenoxy) is 1. The third kappa shape index (κ3) is 4.25. The van der Waals surface area contributed by atoms with Gasteiger partial charge in [-0.1, -0.05) is 24.3 Å². The molecule has 1 aromatic carbocycles. The summed E-state index contributed by atoms with van der Waals surface area (Å²) in [6, 6.07) is 15.2. The number of aryl methyl sites for hydroxylation is 1. The van der Waals surface area contributed by atoms with E-state index in [0.29, 0.717) is 32.7 Å². The number of nitrogens with one attached hydrogen (secondary N) is 1. The standard InChI is InChI=1S/C25H19N3O3S2/c26-13-18-16-7-2-4-9-21(16)33-24(18)28-23(29)14-31-25(30)17-12-20(22-10-5-11-32-22)27-19-8-3-1-6-15(17)19/h1,3,5-6,8,10-12H,2,4,7,9,14H2,(H,28,29). The lowest BCUT2D eigenvalue weighted by molar-refractivity contribution is -0.119. The maximum atomic E-state index is 12.9. The number of pyridine rings is 1. The van der Waals surface area contributed by atoms with E-state index in [2.05, 4.69) is 16.4 Å². The van der Waals surface area contributed by atoms with Crippen molar-refractivity contribution in [3.05, 3.63) is 69.4 Å². The summed E-state index contributed by atoms with van der Waals surface area (Å²) in [6.45, 7) is -0.433. The highest BCUT2D eigenvalue weighted by Crippen LogP contribution is 2.37. The van der Waals surface area contributed by atoms with E-state index in [1.54, 1.807) is 6.07 Å². The zero-order chi connectivity index (χ0) is 22.8. The van der Waals surface area contributed by atoms with E-state index in [-0.39, 0.29) is 0 Å². The van der Waals surface area contributed by atoms with E-state index >= 15 is 0 Å². The normalized spacial score (nSPS) is 12.7. The smallest absolute Gasteiger partial charge is 0.339 e. The number of anilines is 1. The van der Waals surface area contributed by atoms with Crippen LogP contribution in [0.25, 0.3) is 21.5 Å². The van der Waals surface area contributed by atoms with Gasteiger partial charge in [0.05, 0.1) is 27.2 Å². The first-order chi connectivity index (χ1) is 16.1. The maximum Gasteiger partial charge on any atom is 0.339 e. The van der Waals surface area contributed by atoms with Crippen LogP contribution in [-0.2, 0) is 22.4 Å². The molecule has 1 aliphatic carbocycles. The maximum absolute atomic E-state index is 12.9. The number of carbonyl (C=O) groups is 2. The Morgan fingerprint density at radius 1 is 1.15 bits per heavy atom. The molecule has 0 radical (unpaired) electrons. The van der Waals surface area contributed by atoms with E-state index in [9.17, 15) is 14.9 Å². The Hall–Kier alpha value is -3.54. The molecule has 33 heavy (non-hydrogen) atoms. The molecule has 0 saturated carbocycles. The molecule has 3 heterocycles. The largest absolute Gasteiger partial charge is 0.452 e. The summed E-state index contributed by atoms with van der Waals surface area (Å²) >= 11 is 2.98. The van der Waals surface area contributed by atoms with Gasteiger partial charge in [0.2, 0.25) is 0 Å². The van der Waals surface area contributed by atoms with Crippen molar-refractivity contribution in [2.24, 2.45) is 0 Å². The highest BCUT2D eigenvalue weighted by atomic mass is 32.1. The van der Waals surface area contributed by atoms with Crippen molar-refractivity contribution in [3.8, 4) is 16.6 Å². The number of para-hydroxylation sites is 1. The molecule has 4 aromatic rings. The molecular formula is C25H19N3O3S2. The summed E-state index contributed by atoms with van der Waals surface area (Å²) in [4.78, 5) is 32.2. The summed E-state index contributed by atoms with van der Waals surface area (Å²) in [5, 5.41) is 15.5. The van der Waals surface area contributed by atoms with Gasteiger partial charge in [-0.25, -0.2) is 9.78 Å². The van der Waals surface area contributed by atoms with Crippen LogP contribution in [0.1, 0.15) is 39.2 Å². The summed E-state index contributed by atoms with van der Waals surface area (Å²) in [7, 11) is 0. The number of aromatic nitrogens is 1. The Bertz CT molecular complexity index is 1400. The fraction of sp³-hybridized carbons (Fsp3) is 0.200. The predicted molar refractivity (Wildman–Crippen MR) is 130 cm³/mol. The molecule has 3 aromatic heterocycles. The molecule has 6 nitrogen and oxygen atoms in total. The zero-order valence-electron chi connectivity index (χ0n) is 17.6. The van der Waals surface area contributed by atoms with Crippen molar-refractivity contribution in [1.29, 1.82) is 5.26 Å². The number of amides is 1. The lowest BCUT2D eigenvalue weighted by Gasteiger charge is -2.10. The number of nitriles is 1. The van der Waals surface area contributed by atoms with Crippen molar-refractivity contribution >= 4 is 50.5 Å². The Morgan fingerprint density at radius 3 is 2.82 bits per heavy atom. The van der Waals surface area contributed by atoms with E-state index in [1.807, 2.05) is 41.8 Å². The van der Waals surface area contributed by atoms with E-state index in [1.165, 1.54) is 22.7 Å². The van der Waals surface area contributed by atoms with Crippen LogP contribution in [-0.4, -0.2) is 23.5 Å². The molecule has 1 N–H and O–H groups in total. The Morgan fingerprint density at radius 2 is 2.00 bits per heavy atom. The van der Waals surface area contributed by atoms with Crippen molar-refractivity contribution < 1.29 is 14.3 Å². The second-order valence-corrected chi connectivity index (χ2v) is 9.75. The minimum atomic E-state index is -0.590. The molecule has 0 fully saturated rings. The molecule has 5 rings (SSSR count). The Balaban J connectivity index is 1.34. The third-order valence-electron chi connectivity index (χ3n) is 5.58. The van der Waals surface area contributed by atoms with Crippen LogP contribution in [0.2, 0.25) is 0 Å². The van der Waals surface area contributed by atoms with Crippen LogP contribution in [0.4, 0.5) is 5.00 Å². The molecular weight excluding hydrogens is 454 g/mol. The molecule has 0 aliphatic heterocycles. The first-order valence-electron chi connectivity index (χ1n) is 10.6. The van der Waals surface area contributed by atoms with Gasteiger partial charge >= 0.3 is 5.97 Å². The molecule has 1 aliphatic rings. The number of thiophene rings is 2. The van der Waals surface area contributed by atoms with Crippen molar-refractivity contribution in [3.63, 3.8) is 0 Å². The number of fused-ring (bicyclic) bond motifs is 2. The topological polar surface area (TPSA) is 92.1 Å². The lowest BCUT2D eigenvalue weighted by atomic mass is 9.96. The van der Waals surface area contributed by atoms with Crippen LogP contribution in [0, 0.1) is 11.3 Å². The van der Waals surface area contributed by atoms with E-state index < -0.39 is 18.5 Å². The summed E-state index contributed by atoms with van der Waals surface area (Å²) in [5.41, 5.74) is 3.31. The number of hydrogen-bond donors (Lipinski definition) is 1. The summed E-state index contributed by atoms with van der Waals surface area (Å²) < 4.78 is 5.36. The lowest BCUT2D eigenvalue weighted by Crippen LogP contribution is -2.21. The van der Waals surface area contributed by atoms with Gasteiger partial charge < -0.3 is 10.1 Å². The second-order valence-electron chi connectivity index (χ2n) is 7.70. The fourth-order valence-electron chi connectivity index (χ4n) is 4.04. The molecule has 0 spiro atoms. The minimum absolute atomic E-state index is 0.362. The number of rotatable bonds is 5. The summed E-state index contributed by atoms with van der Waals surface area (Å²) in [5.74, 6) is -1.05. The number of nitrogens with zero attached hydrogens (tertiary/aromatic N) is 2. The van der Waals surface area contributed by atoms with Gasteiger partial charge in [-0.15, -0.1) is 22.7 Å². The highest BCUT2D eigenvalue weighted by molar-refractivity contribution is 7.16. The van der Waals surface area contributed by atoms with Gasteiger partial charge in [0.25, 0.3) is 5.91 Å². The van der Waals surface area contributed by atoms with E-state index in [0.717, 1.165) is 41.0 Å². The van der Waals surface area contributed by atoms with Crippen molar-refractivity contribution in [1.82, 2.24) is 4.98 Å². The van der Waals surface area contributed by atoms with Gasteiger partial charge in [0, 0.05) is 10.3 Å². The molecule has 0 unspecified atom stereocenters. The number of hydrogen-bond acceptors (Lipinski definition) is 7. The van der Waals surface area contributed by atoms with Crippen LogP contribution in [0.15, 0.2) is 47.8 Å². The number of benzene rings is 1. The zero-order valence-corrected chi connectivity index (χ0v) is 19.2. The van der Waals surface area contributed by atoms with Crippen molar-refractivity contribution in [2.45, 2.75) is 25.7 Å². The van der Waals surface area contributed by atoms with Gasteiger partial charge in [0.1, 0.15) is 11.1 Å². The quantitative estimate of drug-likeness (QED) is 0.383. The van der Waals surface area contributed by atoms with Crippen LogP contribution in [0.5, 0.6) is 0 Å². The first-order valence-corrected chi connectivity index (χ1v) is 12.3.